The number of urea groups is 1. The molecule has 0 bridgehead atoms. The number of rotatable bonds is 2. The monoisotopic (exact) mass is 266 g/mol. The number of halogens is 1. The molecule has 0 aromatic heterocycles. The van der Waals surface area contributed by atoms with Gasteiger partial charge in [0.15, 0.2) is 0 Å². The fourth-order valence-electron chi connectivity index (χ4n) is 2.19. The Kier molecular flexibility index (Phi) is 3.69. The molecule has 1 aromatic rings. The van der Waals surface area contributed by atoms with Crippen molar-refractivity contribution in [2.45, 2.75) is 25.8 Å². The SMILES string of the molecule is Cc1ccc(F)c(NC(=O)N2CCC[C@@H]2C(=O)O)c1. The molecule has 5 nitrogen and oxygen atoms in total. The fraction of sp³-hybridized carbons (Fsp3) is 0.385. The summed E-state index contributed by atoms with van der Waals surface area (Å²) in [4.78, 5) is 24.2. The van der Waals surface area contributed by atoms with Crippen molar-refractivity contribution >= 4 is 17.7 Å². The smallest absolute Gasteiger partial charge is 0.326 e. The molecule has 1 saturated heterocycles. The van der Waals surface area contributed by atoms with Gasteiger partial charge in [0.05, 0.1) is 5.69 Å². The van der Waals surface area contributed by atoms with E-state index in [0.29, 0.717) is 19.4 Å². The van der Waals surface area contributed by atoms with Crippen molar-refractivity contribution in [3.05, 3.63) is 29.6 Å². The number of hydrogen-bond donors (Lipinski definition) is 2. The highest BCUT2D eigenvalue weighted by Crippen LogP contribution is 2.21. The summed E-state index contributed by atoms with van der Waals surface area (Å²) in [5, 5.41) is 11.4. The molecule has 1 atom stereocenters. The third kappa shape index (κ3) is 2.83. The van der Waals surface area contributed by atoms with Crippen LogP contribution in [0.4, 0.5) is 14.9 Å². The summed E-state index contributed by atoms with van der Waals surface area (Å²) < 4.78 is 13.5. The third-order valence-electron chi connectivity index (χ3n) is 3.16. The molecule has 2 amide bonds. The van der Waals surface area contributed by atoms with Gasteiger partial charge in [0.1, 0.15) is 11.9 Å². The minimum absolute atomic E-state index is 0.0704. The Balaban J connectivity index is 2.12. The highest BCUT2D eigenvalue weighted by Gasteiger charge is 2.34. The number of nitrogens with zero attached hydrogens (tertiary/aromatic N) is 1. The Morgan fingerprint density at radius 2 is 2.21 bits per heavy atom. The Labute approximate surface area is 110 Å². The Morgan fingerprint density at radius 3 is 2.89 bits per heavy atom. The zero-order chi connectivity index (χ0) is 14.0. The first-order valence-corrected chi connectivity index (χ1v) is 6.05. The van der Waals surface area contributed by atoms with E-state index < -0.39 is 23.9 Å². The molecule has 102 valence electrons. The largest absolute Gasteiger partial charge is 0.480 e. The molecule has 2 N–H and O–H groups in total. The van der Waals surface area contributed by atoms with Crippen LogP contribution in [0.2, 0.25) is 0 Å². The summed E-state index contributed by atoms with van der Waals surface area (Å²) in [6, 6.07) is 2.98. The predicted molar refractivity (Wildman–Crippen MR) is 67.5 cm³/mol. The second-order valence-corrected chi connectivity index (χ2v) is 4.60. The quantitative estimate of drug-likeness (QED) is 0.862. The van der Waals surface area contributed by atoms with E-state index in [2.05, 4.69) is 5.32 Å². The Morgan fingerprint density at radius 1 is 1.47 bits per heavy atom. The van der Waals surface area contributed by atoms with Crippen molar-refractivity contribution in [2.24, 2.45) is 0 Å². The van der Waals surface area contributed by atoms with Crippen LogP contribution in [0.3, 0.4) is 0 Å². The molecule has 0 spiro atoms. The number of hydrogen-bond acceptors (Lipinski definition) is 2. The summed E-state index contributed by atoms with van der Waals surface area (Å²) in [7, 11) is 0. The Bertz CT molecular complexity index is 519. The number of anilines is 1. The summed E-state index contributed by atoms with van der Waals surface area (Å²) in [5.74, 6) is -1.57. The molecular weight excluding hydrogens is 251 g/mol. The highest BCUT2D eigenvalue weighted by molar-refractivity contribution is 5.92. The van der Waals surface area contributed by atoms with Crippen molar-refractivity contribution < 1.29 is 19.1 Å². The molecule has 0 radical (unpaired) electrons. The highest BCUT2D eigenvalue weighted by atomic mass is 19.1. The molecule has 19 heavy (non-hydrogen) atoms. The second-order valence-electron chi connectivity index (χ2n) is 4.60. The first-order chi connectivity index (χ1) is 8.99. The Hall–Kier alpha value is -2.11. The van der Waals surface area contributed by atoms with E-state index in [1.807, 2.05) is 0 Å². The molecule has 1 aromatic carbocycles. The van der Waals surface area contributed by atoms with Gasteiger partial charge in [-0.25, -0.2) is 14.0 Å². The van der Waals surface area contributed by atoms with Gasteiger partial charge in [0.2, 0.25) is 0 Å². The normalized spacial score (nSPS) is 18.4. The molecule has 0 aliphatic carbocycles. The zero-order valence-electron chi connectivity index (χ0n) is 10.5. The molecule has 1 fully saturated rings. The number of aliphatic carboxylic acids is 1. The van der Waals surface area contributed by atoms with Crippen LogP contribution >= 0.6 is 0 Å². The minimum Gasteiger partial charge on any atom is -0.480 e. The van der Waals surface area contributed by atoms with E-state index in [1.54, 1.807) is 13.0 Å². The average Bonchev–Trinajstić information content (AvgIpc) is 2.83. The van der Waals surface area contributed by atoms with E-state index >= 15 is 0 Å². The number of carboxylic acid groups (broad SMARTS) is 1. The van der Waals surface area contributed by atoms with Gasteiger partial charge in [-0.05, 0) is 37.5 Å². The maximum Gasteiger partial charge on any atom is 0.326 e. The lowest BCUT2D eigenvalue weighted by Gasteiger charge is -2.22. The van der Waals surface area contributed by atoms with Crippen LogP contribution in [-0.2, 0) is 4.79 Å². The maximum atomic E-state index is 13.5. The van der Waals surface area contributed by atoms with Crippen molar-refractivity contribution in [1.29, 1.82) is 0 Å². The molecule has 6 heteroatoms. The third-order valence-corrected chi connectivity index (χ3v) is 3.16. The van der Waals surface area contributed by atoms with Crippen molar-refractivity contribution in [3.8, 4) is 0 Å². The molecule has 1 aliphatic heterocycles. The standard InChI is InChI=1S/C13H15FN2O3/c1-8-4-5-9(14)10(7-8)15-13(19)16-6-2-3-11(16)12(17)18/h4-5,7,11H,2-3,6H2,1H3,(H,15,19)(H,17,18)/t11-/m1/s1. The number of likely N-dealkylation sites (tertiary alicyclic amines) is 1. The van der Waals surface area contributed by atoms with Crippen molar-refractivity contribution in [3.63, 3.8) is 0 Å². The zero-order valence-corrected chi connectivity index (χ0v) is 10.5. The van der Waals surface area contributed by atoms with Crippen LogP contribution in [-0.4, -0.2) is 34.6 Å². The number of benzene rings is 1. The van der Waals surface area contributed by atoms with Gasteiger partial charge < -0.3 is 15.3 Å². The van der Waals surface area contributed by atoms with Gasteiger partial charge in [-0.2, -0.15) is 0 Å². The van der Waals surface area contributed by atoms with Gasteiger partial charge in [0.25, 0.3) is 0 Å². The van der Waals surface area contributed by atoms with Crippen LogP contribution in [0, 0.1) is 12.7 Å². The van der Waals surface area contributed by atoms with Crippen molar-refractivity contribution in [2.75, 3.05) is 11.9 Å². The minimum atomic E-state index is -1.03. The average molecular weight is 266 g/mol. The molecule has 1 heterocycles. The van der Waals surface area contributed by atoms with E-state index in [9.17, 15) is 14.0 Å². The van der Waals surface area contributed by atoms with E-state index in [0.717, 1.165) is 5.56 Å². The van der Waals surface area contributed by atoms with Crippen LogP contribution in [0.15, 0.2) is 18.2 Å². The number of nitrogens with one attached hydrogen (secondary N) is 1. The maximum absolute atomic E-state index is 13.5. The number of carbonyl (C=O) groups excluding carboxylic acids is 1. The van der Waals surface area contributed by atoms with E-state index in [4.69, 9.17) is 5.11 Å². The molecule has 2 rings (SSSR count). The topological polar surface area (TPSA) is 69.6 Å². The number of amides is 2. The fourth-order valence-corrected chi connectivity index (χ4v) is 2.19. The number of aryl methyl sites for hydroxylation is 1. The van der Waals surface area contributed by atoms with Gasteiger partial charge >= 0.3 is 12.0 Å². The molecule has 0 saturated carbocycles. The second kappa shape index (κ2) is 5.26. The van der Waals surface area contributed by atoms with Gasteiger partial charge in [0, 0.05) is 6.54 Å². The summed E-state index contributed by atoms with van der Waals surface area (Å²) in [6.45, 7) is 2.15. The van der Waals surface area contributed by atoms with Crippen LogP contribution in [0.1, 0.15) is 18.4 Å². The van der Waals surface area contributed by atoms with Crippen LogP contribution in [0.5, 0.6) is 0 Å². The number of carboxylic acids is 1. The molecule has 0 unspecified atom stereocenters. The molecule has 1 aliphatic rings. The van der Waals surface area contributed by atoms with E-state index in [1.165, 1.54) is 17.0 Å². The lowest BCUT2D eigenvalue weighted by molar-refractivity contribution is -0.141. The summed E-state index contributed by atoms with van der Waals surface area (Å²) >= 11 is 0. The van der Waals surface area contributed by atoms with Gasteiger partial charge in [-0.15, -0.1) is 0 Å². The first kappa shape index (κ1) is 13.3. The molecular formula is C13H15FN2O3. The predicted octanol–water partition coefficient (Wildman–Crippen LogP) is 2.22. The summed E-state index contributed by atoms with van der Waals surface area (Å²) in [5.41, 5.74) is 0.883. The van der Waals surface area contributed by atoms with Crippen molar-refractivity contribution in [1.82, 2.24) is 4.90 Å². The van der Waals surface area contributed by atoms with E-state index in [-0.39, 0.29) is 5.69 Å². The van der Waals surface area contributed by atoms with Gasteiger partial charge in [-0.3, -0.25) is 0 Å². The lowest BCUT2D eigenvalue weighted by Crippen LogP contribution is -2.42. The van der Waals surface area contributed by atoms with Gasteiger partial charge in [-0.1, -0.05) is 6.07 Å². The first-order valence-electron chi connectivity index (χ1n) is 6.05. The number of carbonyl (C=O) groups is 2. The van der Waals surface area contributed by atoms with Crippen LogP contribution in [0.25, 0.3) is 0 Å². The lowest BCUT2D eigenvalue weighted by atomic mass is 10.2. The van der Waals surface area contributed by atoms with Crippen LogP contribution < -0.4 is 5.32 Å². The summed E-state index contributed by atoms with van der Waals surface area (Å²) in [6.07, 6.45) is 1.07.